The van der Waals surface area contributed by atoms with Crippen molar-refractivity contribution in [2.45, 2.75) is 38.8 Å². The first kappa shape index (κ1) is 13.4. The smallest absolute Gasteiger partial charge is 0.326 e. The Morgan fingerprint density at radius 3 is 2.84 bits per heavy atom. The number of nitrogens with one attached hydrogen (secondary N) is 1. The Hall–Kier alpha value is -2.05. The summed E-state index contributed by atoms with van der Waals surface area (Å²) in [7, 11) is 0. The standard InChI is InChI=1S/C12H18N4O3/c1-8(2)16-7-9(6-13-16)14-12(19)15-5-3-4-10(15)11(17)18/h6-8,10H,3-5H2,1-2H3,(H,14,19)(H,17,18)/t10-/m0/s1. The van der Waals surface area contributed by atoms with Gasteiger partial charge in [-0.05, 0) is 26.7 Å². The Bertz CT molecular complexity index is 483. The van der Waals surface area contributed by atoms with Crippen molar-refractivity contribution >= 4 is 17.7 Å². The SMILES string of the molecule is CC(C)n1cc(NC(=O)N2CCC[C@H]2C(=O)O)cn1. The lowest BCUT2D eigenvalue weighted by molar-refractivity contribution is -0.141. The summed E-state index contributed by atoms with van der Waals surface area (Å²) in [5.74, 6) is -0.953. The van der Waals surface area contributed by atoms with Crippen molar-refractivity contribution in [3.63, 3.8) is 0 Å². The molecule has 7 heteroatoms. The number of carboxylic acids is 1. The highest BCUT2D eigenvalue weighted by atomic mass is 16.4. The quantitative estimate of drug-likeness (QED) is 0.868. The number of carbonyl (C=O) groups excluding carboxylic acids is 1. The number of nitrogens with zero attached hydrogens (tertiary/aromatic N) is 3. The molecule has 0 spiro atoms. The van der Waals surface area contributed by atoms with E-state index < -0.39 is 12.0 Å². The molecular formula is C12H18N4O3. The molecule has 1 aromatic heterocycles. The monoisotopic (exact) mass is 266 g/mol. The van der Waals surface area contributed by atoms with Crippen LogP contribution in [0, 0.1) is 0 Å². The van der Waals surface area contributed by atoms with E-state index in [4.69, 9.17) is 5.11 Å². The van der Waals surface area contributed by atoms with Gasteiger partial charge >= 0.3 is 12.0 Å². The second-order valence-electron chi connectivity index (χ2n) is 4.92. The van der Waals surface area contributed by atoms with Crippen LogP contribution in [0.4, 0.5) is 10.5 Å². The van der Waals surface area contributed by atoms with Crippen molar-refractivity contribution in [1.82, 2.24) is 14.7 Å². The van der Waals surface area contributed by atoms with Crippen LogP contribution in [-0.4, -0.2) is 44.4 Å². The van der Waals surface area contributed by atoms with Crippen LogP contribution < -0.4 is 5.32 Å². The fraction of sp³-hybridized carbons (Fsp3) is 0.583. The second-order valence-corrected chi connectivity index (χ2v) is 4.92. The number of urea groups is 1. The number of likely N-dealkylation sites (tertiary alicyclic amines) is 1. The molecule has 1 atom stereocenters. The Morgan fingerprint density at radius 1 is 1.53 bits per heavy atom. The first-order valence-electron chi connectivity index (χ1n) is 6.33. The van der Waals surface area contributed by atoms with Crippen LogP contribution in [0.15, 0.2) is 12.4 Å². The van der Waals surface area contributed by atoms with Crippen LogP contribution in [0.1, 0.15) is 32.7 Å². The molecule has 0 aliphatic carbocycles. The molecule has 7 nitrogen and oxygen atoms in total. The number of carboxylic acid groups (broad SMARTS) is 1. The fourth-order valence-corrected chi connectivity index (χ4v) is 2.15. The predicted octanol–water partition coefficient (Wildman–Crippen LogP) is 1.54. The summed E-state index contributed by atoms with van der Waals surface area (Å²) in [6.07, 6.45) is 4.52. The molecule has 2 amide bonds. The third kappa shape index (κ3) is 2.86. The van der Waals surface area contributed by atoms with Crippen LogP contribution >= 0.6 is 0 Å². The summed E-state index contributed by atoms with van der Waals surface area (Å²) in [6, 6.07) is -0.891. The summed E-state index contributed by atoms with van der Waals surface area (Å²) in [4.78, 5) is 24.4. The average Bonchev–Trinajstić information content (AvgIpc) is 2.96. The third-order valence-corrected chi connectivity index (χ3v) is 3.18. The van der Waals surface area contributed by atoms with E-state index in [1.165, 1.54) is 4.90 Å². The molecule has 1 aromatic rings. The van der Waals surface area contributed by atoms with Gasteiger partial charge in [0.15, 0.2) is 0 Å². The van der Waals surface area contributed by atoms with E-state index in [2.05, 4.69) is 10.4 Å². The largest absolute Gasteiger partial charge is 0.480 e. The highest BCUT2D eigenvalue weighted by Gasteiger charge is 2.34. The van der Waals surface area contributed by atoms with Gasteiger partial charge in [-0.1, -0.05) is 0 Å². The van der Waals surface area contributed by atoms with E-state index in [1.807, 2.05) is 13.8 Å². The predicted molar refractivity (Wildman–Crippen MR) is 69.0 cm³/mol. The molecule has 0 unspecified atom stereocenters. The van der Waals surface area contributed by atoms with Crippen LogP contribution in [0.3, 0.4) is 0 Å². The number of anilines is 1. The number of amides is 2. The Kier molecular flexibility index (Phi) is 3.73. The second kappa shape index (κ2) is 5.29. The van der Waals surface area contributed by atoms with Crippen LogP contribution in [0.2, 0.25) is 0 Å². The minimum atomic E-state index is -0.953. The van der Waals surface area contributed by atoms with Crippen molar-refractivity contribution < 1.29 is 14.7 Å². The maximum absolute atomic E-state index is 12.0. The number of hydrogen-bond acceptors (Lipinski definition) is 3. The number of hydrogen-bond donors (Lipinski definition) is 2. The Morgan fingerprint density at radius 2 is 2.26 bits per heavy atom. The number of rotatable bonds is 3. The van der Waals surface area contributed by atoms with E-state index in [-0.39, 0.29) is 12.1 Å². The molecule has 1 fully saturated rings. The molecule has 2 heterocycles. The van der Waals surface area contributed by atoms with Crippen molar-refractivity contribution in [3.8, 4) is 0 Å². The number of aromatic nitrogens is 2. The van der Waals surface area contributed by atoms with Gasteiger partial charge in [0.25, 0.3) is 0 Å². The van der Waals surface area contributed by atoms with Gasteiger partial charge in [-0.2, -0.15) is 5.10 Å². The molecule has 0 saturated carbocycles. The molecule has 0 radical (unpaired) electrons. The van der Waals surface area contributed by atoms with Crippen molar-refractivity contribution in [1.29, 1.82) is 0 Å². The Labute approximate surface area is 111 Å². The molecule has 104 valence electrons. The van der Waals surface area contributed by atoms with Crippen molar-refractivity contribution in [3.05, 3.63) is 12.4 Å². The zero-order valence-electron chi connectivity index (χ0n) is 11.0. The summed E-state index contributed by atoms with van der Waals surface area (Å²) in [6.45, 7) is 4.44. The summed E-state index contributed by atoms with van der Waals surface area (Å²) in [5.41, 5.74) is 0.578. The zero-order valence-corrected chi connectivity index (χ0v) is 11.0. The van der Waals surface area contributed by atoms with E-state index in [0.717, 1.165) is 6.42 Å². The van der Waals surface area contributed by atoms with Crippen LogP contribution in [0.25, 0.3) is 0 Å². The van der Waals surface area contributed by atoms with Gasteiger partial charge in [-0.3, -0.25) is 4.68 Å². The van der Waals surface area contributed by atoms with Gasteiger partial charge in [0.2, 0.25) is 0 Å². The molecule has 0 bridgehead atoms. The molecule has 1 aliphatic rings. The van der Waals surface area contributed by atoms with E-state index in [0.29, 0.717) is 18.7 Å². The lowest BCUT2D eigenvalue weighted by atomic mass is 10.2. The minimum absolute atomic E-state index is 0.212. The van der Waals surface area contributed by atoms with Gasteiger partial charge in [0.1, 0.15) is 6.04 Å². The van der Waals surface area contributed by atoms with Gasteiger partial charge < -0.3 is 15.3 Å². The molecule has 2 rings (SSSR count). The molecule has 1 saturated heterocycles. The molecule has 1 aliphatic heterocycles. The summed E-state index contributed by atoms with van der Waals surface area (Å²) in [5, 5.41) is 15.8. The molecule has 0 aromatic carbocycles. The zero-order chi connectivity index (χ0) is 14.0. The fourth-order valence-electron chi connectivity index (χ4n) is 2.15. The Balaban J connectivity index is 2.02. The number of aliphatic carboxylic acids is 1. The van der Waals surface area contributed by atoms with Crippen LogP contribution in [0.5, 0.6) is 0 Å². The lowest BCUT2D eigenvalue weighted by Gasteiger charge is -2.21. The van der Waals surface area contributed by atoms with Crippen LogP contribution in [-0.2, 0) is 4.79 Å². The summed E-state index contributed by atoms with van der Waals surface area (Å²) >= 11 is 0. The first-order valence-corrected chi connectivity index (χ1v) is 6.33. The van der Waals surface area contributed by atoms with E-state index in [1.54, 1.807) is 17.1 Å². The normalized spacial score (nSPS) is 18.9. The number of carbonyl (C=O) groups is 2. The minimum Gasteiger partial charge on any atom is -0.480 e. The van der Waals surface area contributed by atoms with Crippen molar-refractivity contribution in [2.24, 2.45) is 0 Å². The molecular weight excluding hydrogens is 248 g/mol. The van der Waals surface area contributed by atoms with Gasteiger partial charge in [0.05, 0.1) is 11.9 Å². The lowest BCUT2D eigenvalue weighted by Crippen LogP contribution is -2.42. The maximum atomic E-state index is 12.0. The summed E-state index contributed by atoms with van der Waals surface area (Å²) < 4.78 is 1.73. The maximum Gasteiger partial charge on any atom is 0.326 e. The molecule has 19 heavy (non-hydrogen) atoms. The molecule has 2 N–H and O–H groups in total. The average molecular weight is 266 g/mol. The first-order chi connectivity index (χ1) is 8.99. The van der Waals surface area contributed by atoms with Gasteiger partial charge in [0, 0.05) is 18.8 Å². The van der Waals surface area contributed by atoms with Crippen molar-refractivity contribution in [2.75, 3.05) is 11.9 Å². The van der Waals surface area contributed by atoms with E-state index in [9.17, 15) is 9.59 Å². The highest BCUT2D eigenvalue weighted by molar-refractivity contribution is 5.92. The highest BCUT2D eigenvalue weighted by Crippen LogP contribution is 2.19. The third-order valence-electron chi connectivity index (χ3n) is 3.18. The van der Waals surface area contributed by atoms with E-state index >= 15 is 0 Å². The topological polar surface area (TPSA) is 87.5 Å². The van der Waals surface area contributed by atoms with Gasteiger partial charge in [-0.25, -0.2) is 9.59 Å². The van der Waals surface area contributed by atoms with Gasteiger partial charge in [-0.15, -0.1) is 0 Å².